The zero-order valence-corrected chi connectivity index (χ0v) is 45.9. The molecule has 0 saturated carbocycles. The minimum atomic E-state index is -1.53. The van der Waals surface area contributed by atoms with Gasteiger partial charge in [0.2, 0.25) is 0 Å². The molecule has 6 atom stereocenters. The first kappa shape index (κ1) is 66.2. The van der Waals surface area contributed by atoms with Crippen molar-refractivity contribution < 1.29 is 44.2 Å². The Morgan fingerprint density at radius 3 is 1.03 bits per heavy atom. The van der Waals surface area contributed by atoms with Gasteiger partial charge >= 0.3 is 5.97 Å². The van der Waals surface area contributed by atoms with E-state index in [2.05, 4.69) is 13.8 Å². The molecule has 0 radical (unpaired) electrons. The lowest BCUT2D eigenvalue weighted by Gasteiger charge is -2.39. The van der Waals surface area contributed by atoms with Gasteiger partial charge in [0, 0.05) is 13.0 Å². The normalized spacial score (nSPS) is 18.8. The number of carbonyl (C=O) groups is 1. The summed E-state index contributed by atoms with van der Waals surface area (Å²) in [6.45, 7) is 4.65. The average molecular weight is 984 g/mol. The number of ether oxygens (including phenoxy) is 4. The molecule has 1 heterocycles. The number of hydrogen-bond donors (Lipinski definition) is 4. The summed E-state index contributed by atoms with van der Waals surface area (Å²) in [6.07, 6.45) is 54.5. The van der Waals surface area contributed by atoms with Gasteiger partial charge in [0.25, 0.3) is 0 Å². The van der Waals surface area contributed by atoms with Crippen molar-refractivity contribution in [1.29, 1.82) is 0 Å². The van der Waals surface area contributed by atoms with Gasteiger partial charge in [0.15, 0.2) is 6.29 Å². The standard InChI is InChI=1S/C60H118O9/c1-3-5-7-9-11-13-15-17-19-21-23-25-26-27-28-30-32-34-36-38-40-42-44-46-48-50-66-52-54(53-67-60-59(65)58(64)57(63)55(51-61)69-60)68-56(62)49-47-45-43-41-39-37-35-33-31-29-24-22-20-18-16-14-12-10-8-6-4-2/h54-55,57-61,63-65H,3-53H2,1-2H3. The SMILES string of the molecule is CCCCCCCCCCCCCCCCCCCCCCCCCCCOCC(COC1OC(CO)C(O)C(O)C1O)OC(=O)CCCCCCCCCCCCCCCCCCCCCCC. The predicted octanol–water partition coefficient (Wildman–Crippen LogP) is 16.1. The Morgan fingerprint density at radius 2 is 0.710 bits per heavy atom. The summed E-state index contributed by atoms with van der Waals surface area (Å²) >= 11 is 0. The third-order valence-corrected chi connectivity index (χ3v) is 14.8. The van der Waals surface area contributed by atoms with Crippen LogP contribution in [0.3, 0.4) is 0 Å². The molecule has 0 bridgehead atoms. The second-order valence-electron chi connectivity index (χ2n) is 21.5. The van der Waals surface area contributed by atoms with E-state index in [9.17, 15) is 25.2 Å². The highest BCUT2D eigenvalue weighted by atomic mass is 16.7. The Kier molecular flexibility index (Phi) is 50.0. The third-order valence-electron chi connectivity index (χ3n) is 14.8. The van der Waals surface area contributed by atoms with Crippen molar-refractivity contribution >= 4 is 5.97 Å². The highest BCUT2D eigenvalue weighted by Crippen LogP contribution is 2.23. The lowest BCUT2D eigenvalue weighted by atomic mass is 9.99. The van der Waals surface area contributed by atoms with Gasteiger partial charge in [-0.05, 0) is 12.8 Å². The lowest BCUT2D eigenvalue weighted by molar-refractivity contribution is -0.305. The van der Waals surface area contributed by atoms with Crippen molar-refractivity contribution in [1.82, 2.24) is 0 Å². The molecular weight excluding hydrogens is 865 g/mol. The number of rotatable bonds is 55. The molecule has 69 heavy (non-hydrogen) atoms. The molecule has 1 aliphatic heterocycles. The Bertz CT molecular complexity index is 1030. The molecule has 4 N–H and O–H groups in total. The van der Waals surface area contributed by atoms with E-state index in [1.165, 1.54) is 263 Å². The van der Waals surface area contributed by atoms with Crippen molar-refractivity contribution in [2.24, 2.45) is 0 Å². The van der Waals surface area contributed by atoms with Crippen LogP contribution in [0.25, 0.3) is 0 Å². The number of aliphatic hydroxyl groups excluding tert-OH is 4. The second kappa shape index (κ2) is 52.1. The number of aliphatic hydroxyl groups is 4. The lowest BCUT2D eigenvalue weighted by Crippen LogP contribution is -2.59. The van der Waals surface area contributed by atoms with Crippen LogP contribution in [-0.4, -0.2) is 89.6 Å². The van der Waals surface area contributed by atoms with Crippen LogP contribution >= 0.6 is 0 Å². The zero-order valence-electron chi connectivity index (χ0n) is 45.9. The molecule has 9 heteroatoms. The number of hydrogen-bond acceptors (Lipinski definition) is 9. The first-order valence-electron chi connectivity index (χ1n) is 30.6. The van der Waals surface area contributed by atoms with E-state index in [-0.39, 0.29) is 19.2 Å². The summed E-state index contributed by atoms with van der Waals surface area (Å²) in [5, 5.41) is 40.4. The molecule has 0 aromatic carbocycles. The van der Waals surface area contributed by atoms with Gasteiger partial charge in [-0.1, -0.05) is 296 Å². The summed E-state index contributed by atoms with van der Waals surface area (Å²) in [5.41, 5.74) is 0. The van der Waals surface area contributed by atoms with Crippen LogP contribution in [0.5, 0.6) is 0 Å². The van der Waals surface area contributed by atoms with Crippen molar-refractivity contribution in [3.05, 3.63) is 0 Å². The van der Waals surface area contributed by atoms with Crippen molar-refractivity contribution in [2.75, 3.05) is 26.4 Å². The molecule has 0 aromatic heterocycles. The Hall–Kier alpha value is -0.810. The molecule has 412 valence electrons. The summed E-state index contributed by atoms with van der Waals surface area (Å²) in [6, 6.07) is 0. The molecule has 0 spiro atoms. The highest BCUT2D eigenvalue weighted by molar-refractivity contribution is 5.69. The summed E-state index contributed by atoms with van der Waals surface area (Å²) in [5.74, 6) is -0.302. The van der Waals surface area contributed by atoms with E-state index in [1.54, 1.807) is 0 Å². The van der Waals surface area contributed by atoms with Crippen LogP contribution in [0.15, 0.2) is 0 Å². The van der Waals surface area contributed by atoms with Gasteiger partial charge in [-0.3, -0.25) is 4.79 Å². The van der Waals surface area contributed by atoms with E-state index in [0.29, 0.717) is 13.0 Å². The van der Waals surface area contributed by atoms with Gasteiger partial charge in [0.05, 0.1) is 19.8 Å². The average Bonchev–Trinajstić information content (AvgIpc) is 3.35. The molecule has 1 fully saturated rings. The highest BCUT2D eigenvalue weighted by Gasteiger charge is 2.44. The first-order valence-corrected chi connectivity index (χ1v) is 30.6. The largest absolute Gasteiger partial charge is 0.457 e. The molecule has 0 aromatic rings. The summed E-state index contributed by atoms with van der Waals surface area (Å²) in [4.78, 5) is 12.9. The first-order chi connectivity index (χ1) is 33.9. The molecular formula is C60H118O9. The van der Waals surface area contributed by atoms with Crippen LogP contribution in [0.4, 0.5) is 0 Å². The monoisotopic (exact) mass is 983 g/mol. The molecule has 9 nitrogen and oxygen atoms in total. The topological polar surface area (TPSA) is 135 Å². The Morgan fingerprint density at radius 1 is 0.406 bits per heavy atom. The molecule has 0 aliphatic carbocycles. The Balaban J connectivity index is 2.10. The summed E-state index contributed by atoms with van der Waals surface area (Å²) in [7, 11) is 0. The van der Waals surface area contributed by atoms with Gasteiger partial charge in [0.1, 0.15) is 30.5 Å². The van der Waals surface area contributed by atoms with Crippen LogP contribution < -0.4 is 0 Å². The molecule has 1 rings (SSSR count). The zero-order chi connectivity index (χ0) is 49.9. The fraction of sp³-hybridized carbons (Fsp3) is 0.983. The quantitative estimate of drug-likeness (QED) is 0.0347. The molecule has 1 aliphatic rings. The molecule has 1 saturated heterocycles. The van der Waals surface area contributed by atoms with E-state index >= 15 is 0 Å². The minimum Gasteiger partial charge on any atom is -0.457 e. The maximum absolute atomic E-state index is 12.9. The van der Waals surface area contributed by atoms with E-state index in [4.69, 9.17) is 18.9 Å². The third kappa shape index (κ3) is 42.3. The van der Waals surface area contributed by atoms with E-state index in [0.717, 1.165) is 32.1 Å². The smallest absolute Gasteiger partial charge is 0.306 e. The maximum atomic E-state index is 12.9. The molecule has 6 unspecified atom stereocenters. The maximum Gasteiger partial charge on any atom is 0.306 e. The Labute approximate surface area is 427 Å². The number of carbonyl (C=O) groups excluding carboxylic acids is 1. The van der Waals surface area contributed by atoms with E-state index in [1.807, 2.05) is 0 Å². The van der Waals surface area contributed by atoms with Gasteiger partial charge in [-0.25, -0.2) is 0 Å². The molecule has 0 amide bonds. The van der Waals surface area contributed by atoms with Crippen molar-refractivity contribution in [3.8, 4) is 0 Å². The van der Waals surface area contributed by atoms with E-state index < -0.39 is 43.4 Å². The summed E-state index contributed by atoms with van der Waals surface area (Å²) < 4.78 is 23.0. The van der Waals surface area contributed by atoms with Crippen LogP contribution in [-0.2, 0) is 23.7 Å². The van der Waals surface area contributed by atoms with Crippen molar-refractivity contribution in [3.63, 3.8) is 0 Å². The van der Waals surface area contributed by atoms with Crippen LogP contribution in [0.2, 0.25) is 0 Å². The van der Waals surface area contributed by atoms with Gasteiger partial charge in [-0.15, -0.1) is 0 Å². The fourth-order valence-corrected chi connectivity index (χ4v) is 10.0. The fourth-order valence-electron chi connectivity index (χ4n) is 10.0. The number of esters is 1. The predicted molar refractivity (Wildman–Crippen MR) is 289 cm³/mol. The van der Waals surface area contributed by atoms with Crippen LogP contribution in [0.1, 0.15) is 316 Å². The van der Waals surface area contributed by atoms with Crippen molar-refractivity contribution in [2.45, 2.75) is 352 Å². The van der Waals surface area contributed by atoms with Crippen LogP contribution in [0, 0.1) is 0 Å². The second-order valence-corrected chi connectivity index (χ2v) is 21.5. The van der Waals surface area contributed by atoms with Gasteiger partial charge in [-0.2, -0.15) is 0 Å². The number of unbranched alkanes of at least 4 members (excludes halogenated alkanes) is 44. The van der Waals surface area contributed by atoms with Gasteiger partial charge < -0.3 is 39.4 Å². The minimum absolute atomic E-state index is 0.104.